The summed E-state index contributed by atoms with van der Waals surface area (Å²) in [5.41, 5.74) is 1.04. The smallest absolute Gasteiger partial charge is 0.220 e. The molecule has 2 heterocycles. The maximum atomic E-state index is 11.9. The van der Waals surface area contributed by atoms with Crippen LogP contribution in [-0.2, 0) is 11.3 Å². The topological polar surface area (TPSA) is 54.0 Å². The van der Waals surface area contributed by atoms with Crippen molar-refractivity contribution in [3.05, 3.63) is 30.1 Å². The summed E-state index contributed by atoms with van der Waals surface area (Å²) < 4.78 is 0. The van der Waals surface area contributed by atoms with Crippen molar-refractivity contribution >= 4 is 5.91 Å². The lowest BCUT2D eigenvalue weighted by atomic mass is 9.85. The average molecular weight is 261 g/mol. The molecule has 1 aromatic heterocycles. The normalized spacial score (nSPS) is 20.8. The fraction of sp³-hybridized carbons (Fsp3) is 0.600. The van der Waals surface area contributed by atoms with Crippen molar-refractivity contribution in [2.24, 2.45) is 11.8 Å². The van der Waals surface area contributed by atoms with Gasteiger partial charge in [0.15, 0.2) is 0 Å². The van der Waals surface area contributed by atoms with Crippen molar-refractivity contribution < 1.29 is 4.79 Å². The number of nitrogens with one attached hydrogen (secondary N) is 2. The molecule has 2 unspecified atom stereocenters. The number of amides is 1. The van der Waals surface area contributed by atoms with Crippen LogP contribution in [0.4, 0.5) is 0 Å². The highest BCUT2D eigenvalue weighted by Gasteiger charge is 2.21. The summed E-state index contributed by atoms with van der Waals surface area (Å²) in [4.78, 5) is 16.0. The Morgan fingerprint density at radius 3 is 3.21 bits per heavy atom. The number of pyridine rings is 1. The van der Waals surface area contributed by atoms with Crippen molar-refractivity contribution in [3.63, 3.8) is 0 Å². The van der Waals surface area contributed by atoms with Gasteiger partial charge in [-0.3, -0.25) is 9.78 Å². The van der Waals surface area contributed by atoms with Crippen molar-refractivity contribution in [1.82, 2.24) is 15.6 Å². The number of piperidine rings is 1. The molecule has 19 heavy (non-hydrogen) atoms. The van der Waals surface area contributed by atoms with Crippen molar-refractivity contribution in [2.45, 2.75) is 32.7 Å². The van der Waals surface area contributed by atoms with Gasteiger partial charge in [0.2, 0.25) is 5.91 Å². The van der Waals surface area contributed by atoms with Crippen molar-refractivity contribution in [1.29, 1.82) is 0 Å². The molecule has 0 spiro atoms. The molecule has 0 bridgehead atoms. The van der Waals surface area contributed by atoms with E-state index in [1.54, 1.807) is 12.4 Å². The second-order valence-electron chi connectivity index (χ2n) is 5.43. The number of rotatable bonds is 5. The Bertz CT molecular complexity index is 388. The molecule has 2 rings (SSSR count). The van der Waals surface area contributed by atoms with Crippen LogP contribution < -0.4 is 10.6 Å². The summed E-state index contributed by atoms with van der Waals surface area (Å²) >= 11 is 0. The average Bonchev–Trinajstić information content (AvgIpc) is 2.47. The highest BCUT2D eigenvalue weighted by molar-refractivity contribution is 5.76. The second kappa shape index (κ2) is 7.24. The Morgan fingerprint density at radius 2 is 2.53 bits per heavy atom. The molecule has 1 saturated heterocycles. The molecule has 2 N–H and O–H groups in total. The number of aromatic nitrogens is 1. The van der Waals surface area contributed by atoms with Crippen LogP contribution in [0.5, 0.6) is 0 Å². The third-order valence-electron chi connectivity index (χ3n) is 3.86. The standard InChI is InChI=1S/C15H23N3O/c1-12(14-5-3-7-17-11-14)8-15(19)18-10-13-4-2-6-16-9-13/h2,4,6,9,12,14,17H,3,5,7-8,10-11H2,1H3,(H,18,19). The van der Waals surface area contributed by atoms with Crippen LogP contribution in [-0.4, -0.2) is 24.0 Å². The Morgan fingerprint density at radius 1 is 1.63 bits per heavy atom. The van der Waals surface area contributed by atoms with Gasteiger partial charge in [-0.1, -0.05) is 13.0 Å². The van der Waals surface area contributed by atoms with E-state index in [2.05, 4.69) is 22.5 Å². The van der Waals surface area contributed by atoms with E-state index >= 15 is 0 Å². The van der Waals surface area contributed by atoms with Gasteiger partial charge in [0, 0.05) is 25.4 Å². The Labute approximate surface area is 115 Å². The molecule has 2 atom stereocenters. The van der Waals surface area contributed by atoms with Gasteiger partial charge in [0.25, 0.3) is 0 Å². The van der Waals surface area contributed by atoms with Crippen LogP contribution in [0.15, 0.2) is 24.5 Å². The predicted octanol–water partition coefficient (Wildman–Crippen LogP) is 1.72. The monoisotopic (exact) mass is 261 g/mol. The third kappa shape index (κ3) is 4.63. The minimum atomic E-state index is 0.141. The zero-order chi connectivity index (χ0) is 13.5. The molecule has 0 radical (unpaired) electrons. The third-order valence-corrected chi connectivity index (χ3v) is 3.86. The van der Waals surface area contributed by atoms with Gasteiger partial charge in [0.1, 0.15) is 0 Å². The van der Waals surface area contributed by atoms with Crippen LogP contribution in [0.1, 0.15) is 31.7 Å². The van der Waals surface area contributed by atoms with Gasteiger partial charge in [-0.25, -0.2) is 0 Å². The Kier molecular flexibility index (Phi) is 5.33. The minimum Gasteiger partial charge on any atom is -0.352 e. The van der Waals surface area contributed by atoms with Crippen LogP contribution >= 0.6 is 0 Å². The van der Waals surface area contributed by atoms with E-state index < -0.39 is 0 Å². The summed E-state index contributed by atoms with van der Waals surface area (Å²) in [6.07, 6.45) is 6.61. The molecular formula is C15H23N3O. The van der Waals surface area contributed by atoms with E-state index in [1.165, 1.54) is 12.8 Å². The van der Waals surface area contributed by atoms with E-state index in [0.29, 0.717) is 24.8 Å². The molecule has 1 aliphatic rings. The maximum absolute atomic E-state index is 11.9. The molecule has 104 valence electrons. The molecule has 4 heteroatoms. The summed E-state index contributed by atoms with van der Waals surface area (Å²) in [7, 11) is 0. The van der Waals surface area contributed by atoms with Gasteiger partial charge in [-0.2, -0.15) is 0 Å². The van der Waals surface area contributed by atoms with Crippen LogP contribution in [0, 0.1) is 11.8 Å². The van der Waals surface area contributed by atoms with Crippen LogP contribution in [0.3, 0.4) is 0 Å². The number of carbonyl (C=O) groups is 1. The minimum absolute atomic E-state index is 0.141. The Hall–Kier alpha value is -1.42. The molecule has 0 aliphatic carbocycles. The lowest BCUT2D eigenvalue weighted by molar-refractivity contribution is -0.122. The molecular weight excluding hydrogens is 238 g/mol. The van der Waals surface area contributed by atoms with Crippen molar-refractivity contribution in [3.8, 4) is 0 Å². The first kappa shape index (κ1) is 14.0. The SMILES string of the molecule is CC(CC(=O)NCc1cccnc1)C1CCCNC1. The highest BCUT2D eigenvalue weighted by atomic mass is 16.1. The van der Waals surface area contributed by atoms with Gasteiger partial charge in [-0.15, -0.1) is 0 Å². The fourth-order valence-corrected chi connectivity index (χ4v) is 2.60. The van der Waals surface area contributed by atoms with Gasteiger partial charge in [-0.05, 0) is 49.4 Å². The van der Waals surface area contributed by atoms with Crippen LogP contribution in [0.2, 0.25) is 0 Å². The predicted molar refractivity (Wildman–Crippen MR) is 75.5 cm³/mol. The first-order valence-corrected chi connectivity index (χ1v) is 7.12. The molecule has 1 aliphatic heterocycles. The lowest BCUT2D eigenvalue weighted by Gasteiger charge is -2.28. The maximum Gasteiger partial charge on any atom is 0.220 e. The number of hydrogen-bond donors (Lipinski definition) is 2. The first-order chi connectivity index (χ1) is 9.25. The summed E-state index contributed by atoms with van der Waals surface area (Å²) in [6.45, 7) is 4.93. The molecule has 4 nitrogen and oxygen atoms in total. The van der Waals surface area contributed by atoms with E-state index in [4.69, 9.17) is 0 Å². The quantitative estimate of drug-likeness (QED) is 0.848. The fourth-order valence-electron chi connectivity index (χ4n) is 2.60. The van der Waals surface area contributed by atoms with E-state index in [-0.39, 0.29) is 5.91 Å². The van der Waals surface area contributed by atoms with Gasteiger partial charge >= 0.3 is 0 Å². The van der Waals surface area contributed by atoms with E-state index in [1.807, 2.05) is 12.1 Å². The second-order valence-corrected chi connectivity index (χ2v) is 5.43. The molecule has 0 aromatic carbocycles. The van der Waals surface area contributed by atoms with Crippen LogP contribution in [0.25, 0.3) is 0 Å². The van der Waals surface area contributed by atoms with Crippen molar-refractivity contribution in [2.75, 3.05) is 13.1 Å². The molecule has 1 aromatic rings. The summed E-state index contributed by atoms with van der Waals surface area (Å²) in [5, 5.41) is 6.38. The molecule has 1 fully saturated rings. The van der Waals surface area contributed by atoms with Gasteiger partial charge < -0.3 is 10.6 Å². The Balaban J connectivity index is 1.71. The molecule has 0 saturated carbocycles. The van der Waals surface area contributed by atoms with E-state index in [9.17, 15) is 4.79 Å². The van der Waals surface area contributed by atoms with Gasteiger partial charge in [0.05, 0.1) is 0 Å². The van der Waals surface area contributed by atoms with E-state index in [0.717, 1.165) is 18.7 Å². The number of hydrogen-bond acceptors (Lipinski definition) is 3. The summed E-state index contributed by atoms with van der Waals surface area (Å²) in [6, 6.07) is 3.86. The number of nitrogens with zero attached hydrogens (tertiary/aromatic N) is 1. The molecule has 1 amide bonds. The summed E-state index contributed by atoms with van der Waals surface area (Å²) in [5.74, 6) is 1.22. The zero-order valence-electron chi connectivity index (χ0n) is 11.6. The lowest BCUT2D eigenvalue weighted by Crippen LogP contribution is -2.35. The zero-order valence-corrected chi connectivity index (χ0v) is 11.6. The number of carbonyl (C=O) groups excluding carboxylic acids is 1. The highest BCUT2D eigenvalue weighted by Crippen LogP contribution is 2.22. The first-order valence-electron chi connectivity index (χ1n) is 7.12. The largest absolute Gasteiger partial charge is 0.352 e.